The molecule has 1 aliphatic carbocycles. The summed E-state index contributed by atoms with van der Waals surface area (Å²) in [6, 6.07) is 9.97. The van der Waals surface area contributed by atoms with Gasteiger partial charge in [-0.2, -0.15) is 0 Å². The van der Waals surface area contributed by atoms with Crippen LogP contribution in [0.1, 0.15) is 46.0 Å². The van der Waals surface area contributed by atoms with Gasteiger partial charge in [0.15, 0.2) is 5.78 Å². The highest BCUT2D eigenvalue weighted by molar-refractivity contribution is 6.30. The van der Waals surface area contributed by atoms with Crippen molar-refractivity contribution >= 4 is 17.4 Å². The molecule has 2 aromatic rings. The minimum atomic E-state index is -0.350. The molecule has 1 aromatic heterocycles. The molecule has 1 heterocycles. The third kappa shape index (κ3) is 3.10. The zero-order valence-corrected chi connectivity index (χ0v) is 14.6. The second-order valence-corrected chi connectivity index (χ2v) is 7.36. The maximum atomic E-state index is 13.0. The van der Waals surface area contributed by atoms with Gasteiger partial charge in [-0.3, -0.25) is 4.79 Å². The Hall–Kier alpha value is -1.54. The van der Waals surface area contributed by atoms with E-state index in [0.717, 1.165) is 41.8 Å². The van der Waals surface area contributed by atoms with E-state index in [-0.39, 0.29) is 11.5 Å². The van der Waals surface area contributed by atoms with Gasteiger partial charge in [-0.15, -0.1) is 0 Å². The molecule has 0 saturated heterocycles. The lowest BCUT2D eigenvalue weighted by molar-refractivity contribution is -0.132. The van der Waals surface area contributed by atoms with Gasteiger partial charge >= 0.3 is 0 Å². The Morgan fingerprint density at radius 2 is 1.70 bits per heavy atom. The van der Waals surface area contributed by atoms with E-state index in [1.165, 1.54) is 6.42 Å². The van der Waals surface area contributed by atoms with Crippen molar-refractivity contribution < 1.29 is 4.79 Å². The largest absolute Gasteiger partial charge is 0.341 e. The van der Waals surface area contributed by atoms with E-state index in [4.69, 9.17) is 11.6 Å². The van der Waals surface area contributed by atoms with E-state index >= 15 is 0 Å². The van der Waals surface area contributed by atoms with Crippen molar-refractivity contribution in [2.24, 2.45) is 5.92 Å². The van der Waals surface area contributed by atoms with Crippen molar-refractivity contribution in [3.63, 3.8) is 0 Å². The first kappa shape index (κ1) is 16.3. The average molecular weight is 330 g/mol. The zero-order valence-electron chi connectivity index (χ0n) is 13.9. The van der Waals surface area contributed by atoms with E-state index in [1.54, 1.807) is 0 Å². The fraction of sp³-hybridized carbons (Fsp3) is 0.450. The lowest BCUT2D eigenvalue weighted by Crippen LogP contribution is -2.45. The average Bonchev–Trinajstić information content (AvgIpc) is 3.06. The van der Waals surface area contributed by atoms with Crippen molar-refractivity contribution in [1.29, 1.82) is 0 Å². The van der Waals surface area contributed by atoms with Crippen LogP contribution in [-0.2, 0) is 10.3 Å². The number of benzene rings is 1. The molecule has 0 aliphatic heterocycles. The molecule has 23 heavy (non-hydrogen) atoms. The molecule has 0 amide bonds. The Morgan fingerprint density at radius 1 is 1.04 bits per heavy atom. The quantitative estimate of drug-likeness (QED) is 0.706. The molecule has 0 unspecified atom stereocenters. The molecule has 1 fully saturated rings. The van der Waals surface area contributed by atoms with Crippen LogP contribution < -0.4 is 0 Å². The summed E-state index contributed by atoms with van der Waals surface area (Å²) < 4.78 is 2.18. The van der Waals surface area contributed by atoms with Gasteiger partial charge in [0.1, 0.15) is 5.54 Å². The predicted octanol–water partition coefficient (Wildman–Crippen LogP) is 5.69. The van der Waals surface area contributed by atoms with Crippen LogP contribution in [-0.4, -0.2) is 10.4 Å². The predicted molar refractivity (Wildman–Crippen MR) is 95.8 cm³/mol. The van der Waals surface area contributed by atoms with Crippen molar-refractivity contribution in [3.05, 3.63) is 47.7 Å². The summed E-state index contributed by atoms with van der Waals surface area (Å²) in [5.41, 5.74) is 1.93. The third-order valence-corrected chi connectivity index (χ3v) is 5.28. The topological polar surface area (TPSA) is 22.0 Å². The van der Waals surface area contributed by atoms with Gasteiger partial charge in [-0.1, -0.05) is 56.8 Å². The molecule has 3 heteroatoms. The van der Waals surface area contributed by atoms with Gasteiger partial charge in [-0.05, 0) is 42.2 Å². The first-order valence-corrected chi connectivity index (χ1v) is 8.89. The smallest absolute Gasteiger partial charge is 0.161 e. The fourth-order valence-corrected chi connectivity index (χ4v) is 3.91. The Labute approximate surface area is 143 Å². The van der Waals surface area contributed by atoms with E-state index in [1.807, 2.05) is 38.1 Å². The molecule has 1 aliphatic rings. The third-order valence-electron chi connectivity index (χ3n) is 5.03. The molecule has 0 spiro atoms. The second-order valence-electron chi connectivity index (χ2n) is 6.93. The molecule has 0 N–H and O–H groups in total. The number of hydrogen-bond acceptors (Lipinski definition) is 1. The Bertz CT molecular complexity index is 678. The normalized spacial score (nSPS) is 17.4. The first-order valence-electron chi connectivity index (χ1n) is 8.52. The molecular weight excluding hydrogens is 306 g/mol. The Kier molecular flexibility index (Phi) is 4.63. The number of ketones is 1. The number of aromatic nitrogens is 1. The monoisotopic (exact) mass is 329 g/mol. The number of hydrogen-bond donors (Lipinski definition) is 0. The maximum absolute atomic E-state index is 13.0. The highest BCUT2D eigenvalue weighted by atomic mass is 35.5. The van der Waals surface area contributed by atoms with E-state index in [2.05, 4.69) is 23.0 Å². The molecule has 0 bridgehead atoms. The van der Waals surface area contributed by atoms with Crippen molar-refractivity contribution in [3.8, 4) is 11.1 Å². The number of rotatable bonds is 4. The first-order chi connectivity index (χ1) is 11.0. The summed E-state index contributed by atoms with van der Waals surface area (Å²) >= 11 is 5.97. The highest BCUT2D eigenvalue weighted by Gasteiger charge is 2.41. The number of nitrogens with zero attached hydrogens (tertiary/aromatic N) is 1. The second kappa shape index (κ2) is 6.52. The molecule has 0 atom stereocenters. The van der Waals surface area contributed by atoms with Gasteiger partial charge in [0, 0.05) is 23.3 Å². The minimum Gasteiger partial charge on any atom is -0.341 e. The molecule has 1 saturated carbocycles. The van der Waals surface area contributed by atoms with Gasteiger partial charge in [0.25, 0.3) is 0 Å². The number of carbonyl (C=O) groups is 1. The molecule has 0 radical (unpaired) electrons. The van der Waals surface area contributed by atoms with E-state index in [9.17, 15) is 4.79 Å². The number of halogens is 1. The van der Waals surface area contributed by atoms with Crippen LogP contribution in [0.4, 0.5) is 0 Å². The van der Waals surface area contributed by atoms with E-state index < -0.39 is 0 Å². The van der Waals surface area contributed by atoms with Crippen molar-refractivity contribution in [2.45, 2.75) is 51.5 Å². The minimum absolute atomic E-state index is 0.0643. The maximum Gasteiger partial charge on any atom is 0.161 e. The number of carbonyl (C=O) groups excluding carboxylic acids is 1. The standard InChI is InChI=1S/C20H24ClNO/c1-15(2)19(23)20(11-4-3-5-12-20)22-13-10-17(14-22)16-6-8-18(21)9-7-16/h6-10,13-15H,3-5,11-12H2,1-2H3. The lowest BCUT2D eigenvalue weighted by Gasteiger charge is -2.38. The van der Waals surface area contributed by atoms with E-state index in [0.29, 0.717) is 5.78 Å². The van der Waals surface area contributed by atoms with Crippen LogP contribution in [0.25, 0.3) is 11.1 Å². The van der Waals surface area contributed by atoms with Crippen molar-refractivity contribution in [1.82, 2.24) is 4.57 Å². The lowest BCUT2D eigenvalue weighted by atomic mass is 9.75. The molecule has 1 aromatic carbocycles. The van der Waals surface area contributed by atoms with Crippen LogP contribution >= 0.6 is 11.6 Å². The van der Waals surface area contributed by atoms with Crippen LogP contribution in [0.3, 0.4) is 0 Å². The Morgan fingerprint density at radius 3 is 2.30 bits per heavy atom. The molecule has 2 nitrogen and oxygen atoms in total. The summed E-state index contributed by atoms with van der Waals surface area (Å²) in [7, 11) is 0. The summed E-state index contributed by atoms with van der Waals surface area (Å²) in [6.45, 7) is 4.03. The van der Waals surface area contributed by atoms with Gasteiger partial charge in [0.2, 0.25) is 0 Å². The van der Waals surface area contributed by atoms with Gasteiger partial charge in [0.05, 0.1) is 0 Å². The number of Topliss-reactive ketones (excluding diaryl/α,β-unsaturated/α-hetero) is 1. The summed E-state index contributed by atoms with van der Waals surface area (Å²) in [5.74, 6) is 0.435. The summed E-state index contributed by atoms with van der Waals surface area (Å²) in [4.78, 5) is 13.0. The van der Waals surface area contributed by atoms with Crippen LogP contribution in [0.15, 0.2) is 42.7 Å². The summed E-state index contributed by atoms with van der Waals surface area (Å²) in [5, 5.41) is 0.743. The summed E-state index contributed by atoms with van der Waals surface area (Å²) in [6.07, 6.45) is 9.63. The van der Waals surface area contributed by atoms with Gasteiger partial charge < -0.3 is 4.57 Å². The van der Waals surface area contributed by atoms with Gasteiger partial charge in [-0.25, -0.2) is 0 Å². The molecule has 3 rings (SSSR count). The Balaban J connectivity index is 1.98. The van der Waals surface area contributed by atoms with Crippen LogP contribution in [0.5, 0.6) is 0 Å². The van der Waals surface area contributed by atoms with Crippen molar-refractivity contribution in [2.75, 3.05) is 0 Å². The zero-order chi connectivity index (χ0) is 16.4. The van der Waals surface area contributed by atoms with Crippen LogP contribution in [0, 0.1) is 5.92 Å². The SMILES string of the molecule is CC(C)C(=O)C1(n2ccc(-c3ccc(Cl)cc3)c2)CCCCC1. The fourth-order valence-electron chi connectivity index (χ4n) is 3.78. The molecule has 122 valence electrons. The molecular formula is C20H24ClNO. The van der Waals surface area contributed by atoms with Crippen LogP contribution in [0.2, 0.25) is 5.02 Å². The highest BCUT2D eigenvalue weighted by Crippen LogP contribution is 2.39.